The third kappa shape index (κ3) is 1.76. The van der Waals surface area contributed by atoms with E-state index in [-0.39, 0.29) is 12.5 Å². The number of fused-ring (bicyclic) bond motifs is 1. The molecule has 1 aromatic rings. The van der Waals surface area contributed by atoms with Crippen LogP contribution in [-0.2, 0) is 11.2 Å². The summed E-state index contributed by atoms with van der Waals surface area (Å²) in [6.45, 7) is 0. The number of rotatable bonds is 3. The summed E-state index contributed by atoms with van der Waals surface area (Å²) in [4.78, 5) is 10.4. The fourth-order valence-electron chi connectivity index (χ4n) is 1.95. The first kappa shape index (κ1) is 9.18. The zero-order valence-electron chi connectivity index (χ0n) is 7.89. The molecule has 0 fully saturated rings. The molecule has 1 atom stereocenters. The minimum absolute atomic E-state index is 0.212. The van der Waals surface area contributed by atoms with Gasteiger partial charge in [-0.05, 0) is 25.7 Å². The molecule has 1 aliphatic rings. The van der Waals surface area contributed by atoms with E-state index in [1.54, 1.807) is 6.20 Å². The van der Waals surface area contributed by atoms with Gasteiger partial charge >= 0.3 is 5.97 Å². The zero-order chi connectivity index (χ0) is 9.97. The van der Waals surface area contributed by atoms with E-state index in [0.29, 0.717) is 6.42 Å². The van der Waals surface area contributed by atoms with Gasteiger partial charge < -0.3 is 5.11 Å². The summed E-state index contributed by atoms with van der Waals surface area (Å²) >= 11 is 0. The molecule has 0 bridgehead atoms. The van der Waals surface area contributed by atoms with Crippen molar-refractivity contribution in [3.63, 3.8) is 0 Å². The smallest absolute Gasteiger partial charge is 0.303 e. The number of carboxylic acid groups (broad SMARTS) is 1. The zero-order valence-corrected chi connectivity index (χ0v) is 7.89. The highest BCUT2D eigenvalue weighted by Gasteiger charge is 2.21. The molecule has 0 radical (unpaired) electrons. The van der Waals surface area contributed by atoms with Gasteiger partial charge in [0, 0.05) is 6.42 Å². The van der Waals surface area contributed by atoms with E-state index < -0.39 is 5.97 Å². The van der Waals surface area contributed by atoms with Gasteiger partial charge in [0.15, 0.2) is 0 Å². The van der Waals surface area contributed by atoms with Gasteiger partial charge in [-0.2, -0.15) is 0 Å². The molecule has 0 saturated carbocycles. The van der Waals surface area contributed by atoms with Crippen molar-refractivity contribution in [2.75, 3.05) is 0 Å². The summed E-state index contributed by atoms with van der Waals surface area (Å²) < 4.78 is 1.88. The fraction of sp³-hybridized carbons (Fsp3) is 0.667. The van der Waals surface area contributed by atoms with Crippen molar-refractivity contribution in [3.8, 4) is 0 Å². The third-order valence-corrected chi connectivity index (χ3v) is 2.66. The Balaban J connectivity index is 2.05. The maximum atomic E-state index is 10.4. The molecule has 2 rings (SSSR count). The monoisotopic (exact) mass is 195 g/mol. The Bertz CT molecular complexity index is 335. The molecule has 0 aliphatic carbocycles. The number of hydrogen-bond acceptors (Lipinski definition) is 3. The van der Waals surface area contributed by atoms with Gasteiger partial charge in [0.05, 0.1) is 17.9 Å². The maximum Gasteiger partial charge on any atom is 0.303 e. The van der Waals surface area contributed by atoms with Crippen molar-refractivity contribution in [3.05, 3.63) is 11.9 Å². The third-order valence-electron chi connectivity index (χ3n) is 2.66. The van der Waals surface area contributed by atoms with Crippen molar-refractivity contribution in [1.82, 2.24) is 15.0 Å². The summed E-state index contributed by atoms with van der Waals surface area (Å²) in [6, 6.07) is 0.234. The molecule has 2 heterocycles. The van der Waals surface area contributed by atoms with Crippen molar-refractivity contribution >= 4 is 5.97 Å². The lowest BCUT2D eigenvalue weighted by Gasteiger charge is -2.22. The average Bonchev–Trinajstić information content (AvgIpc) is 2.62. The van der Waals surface area contributed by atoms with E-state index in [1.807, 2.05) is 4.68 Å². The summed E-state index contributed by atoms with van der Waals surface area (Å²) in [5.74, 6) is -0.739. The van der Waals surface area contributed by atoms with Crippen LogP contribution in [0.15, 0.2) is 6.20 Å². The van der Waals surface area contributed by atoms with Gasteiger partial charge in [-0.1, -0.05) is 5.21 Å². The van der Waals surface area contributed by atoms with Crippen molar-refractivity contribution in [1.29, 1.82) is 0 Å². The van der Waals surface area contributed by atoms with E-state index in [2.05, 4.69) is 10.3 Å². The van der Waals surface area contributed by atoms with Crippen LogP contribution < -0.4 is 0 Å². The predicted molar refractivity (Wildman–Crippen MR) is 48.9 cm³/mol. The second-order valence-electron chi connectivity index (χ2n) is 3.65. The summed E-state index contributed by atoms with van der Waals surface area (Å²) in [5.41, 5.74) is 1.13. The Morgan fingerprint density at radius 2 is 2.57 bits per heavy atom. The first-order valence-electron chi connectivity index (χ1n) is 4.88. The van der Waals surface area contributed by atoms with Crippen molar-refractivity contribution in [2.45, 2.75) is 38.1 Å². The summed E-state index contributed by atoms with van der Waals surface area (Å²) in [7, 11) is 0. The van der Waals surface area contributed by atoms with Crippen LogP contribution in [0.3, 0.4) is 0 Å². The number of aliphatic carboxylic acids is 1. The van der Waals surface area contributed by atoms with Gasteiger partial charge in [-0.3, -0.25) is 4.79 Å². The Kier molecular flexibility index (Phi) is 2.47. The molecule has 0 aromatic carbocycles. The quantitative estimate of drug-likeness (QED) is 0.781. The first-order valence-corrected chi connectivity index (χ1v) is 4.88. The van der Waals surface area contributed by atoms with E-state index in [4.69, 9.17) is 5.11 Å². The maximum absolute atomic E-state index is 10.4. The number of hydrogen-bond donors (Lipinski definition) is 1. The minimum atomic E-state index is -0.739. The van der Waals surface area contributed by atoms with Crippen molar-refractivity contribution in [2.24, 2.45) is 0 Å². The van der Waals surface area contributed by atoms with Gasteiger partial charge in [0.25, 0.3) is 0 Å². The highest BCUT2D eigenvalue weighted by Crippen LogP contribution is 2.26. The molecule has 5 nitrogen and oxygen atoms in total. The molecule has 0 amide bonds. The predicted octanol–water partition coefficient (Wildman–Crippen LogP) is 1.02. The van der Waals surface area contributed by atoms with Gasteiger partial charge in [-0.25, -0.2) is 4.68 Å². The molecule has 0 spiro atoms. The number of carboxylic acids is 1. The van der Waals surface area contributed by atoms with Gasteiger partial charge in [0.2, 0.25) is 0 Å². The van der Waals surface area contributed by atoms with Crippen LogP contribution in [0.5, 0.6) is 0 Å². The van der Waals surface area contributed by atoms with E-state index in [9.17, 15) is 4.79 Å². The Morgan fingerprint density at radius 3 is 3.36 bits per heavy atom. The molecular formula is C9H13N3O2. The lowest BCUT2D eigenvalue weighted by Crippen LogP contribution is -2.19. The standard InChI is InChI=1S/C9H13N3O2/c13-9(14)5-4-7-2-1-3-8-6-10-11-12(7)8/h6-7H,1-5H2,(H,13,14). The molecule has 76 valence electrons. The molecular weight excluding hydrogens is 182 g/mol. The van der Waals surface area contributed by atoms with Gasteiger partial charge in [-0.15, -0.1) is 5.10 Å². The molecule has 1 N–H and O–H groups in total. The Morgan fingerprint density at radius 1 is 1.71 bits per heavy atom. The van der Waals surface area contributed by atoms with E-state index in [0.717, 1.165) is 25.0 Å². The molecule has 14 heavy (non-hydrogen) atoms. The number of carbonyl (C=O) groups is 1. The fourth-order valence-corrected chi connectivity index (χ4v) is 1.95. The molecule has 5 heteroatoms. The van der Waals surface area contributed by atoms with Crippen LogP contribution in [0.2, 0.25) is 0 Å². The number of aromatic nitrogens is 3. The van der Waals surface area contributed by atoms with Gasteiger partial charge in [0.1, 0.15) is 0 Å². The van der Waals surface area contributed by atoms with Crippen LogP contribution >= 0.6 is 0 Å². The second kappa shape index (κ2) is 3.77. The largest absolute Gasteiger partial charge is 0.481 e. The highest BCUT2D eigenvalue weighted by molar-refractivity contribution is 5.66. The molecule has 1 aliphatic heterocycles. The average molecular weight is 195 g/mol. The normalized spacial score (nSPS) is 20.4. The second-order valence-corrected chi connectivity index (χ2v) is 3.65. The Hall–Kier alpha value is -1.39. The molecule has 1 aromatic heterocycles. The van der Waals surface area contributed by atoms with Crippen LogP contribution in [0, 0.1) is 0 Å². The summed E-state index contributed by atoms with van der Waals surface area (Å²) in [6.07, 6.45) is 5.78. The lowest BCUT2D eigenvalue weighted by atomic mass is 10.00. The van der Waals surface area contributed by atoms with Crippen molar-refractivity contribution < 1.29 is 9.90 Å². The molecule has 1 unspecified atom stereocenters. The minimum Gasteiger partial charge on any atom is -0.481 e. The Labute approximate surface area is 81.7 Å². The topological polar surface area (TPSA) is 68.0 Å². The molecule has 0 saturated heterocycles. The first-order chi connectivity index (χ1) is 6.77. The van der Waals surface area contributed by atoms with Crippen LogP contribution in [-0.4, -0.2) is 26.1 Å². The van der Waals surface area contributed by atoms with Crippen LogP contribution in [0.25, 0.3) is 0 Å². The van der Waals surface area contributed by atoms with E-state index in [1.165, 1.54) is 0 Å². The highest BCUT2D eigenvalue weighted by atomic mass is 16.4. The van der Waals surface area contributed by atoms with Crippen LogP contribution in [0.1, 0.15) is 37.4 Å². The SMILES string of the molecule is O=C(O)CCC1CCCc2cnnn21. The summed E-state index contributed by atoms with van der Waals surface area (Å²) in [5, 5.41) is 16.4. The number of nitrogens with zero attached hydrogens (tertiary/aromatic N) is 3. The lowest BCUT2D eigenvalue weighted by molar-refractivity contribution is -0.137. The van der Waals surface area contributed by atoms with Crippen LogP contribution in [0.4, 0.5) is 0 Å². The van der Waals surface area contributed by atoms with E-state index >= 15 is 0 Å². The number of aryl methyl sites for hydroxylation is 1.